The zero-order valence-electron chi connectivity index (χ0n) is 22.3. The van der Waals surface area contributed by atoms with E-state index in [-0.39, 0.29) is 5.75 Å². The van der Waals surface area contributed by atoms with Crippen molar-refractivity contribution in [3.8, 4) is 16.9 Å². The molecule has 2 heterocycles. The van der Waals surface area contributed by atoms with Gasteiger partial charge in [0.15, 0.2) is 0 Å². The Balaban J connectivity index is 1.33. The summed E-state index contributed by atoms with van der Waals surface area (Å²) >= 11 is 6.34. The molecular formula is C31H34ClF3N4O. The molecule has 0 amide bonds. The molecule has 5 rings (SSSR count). The van der Waals surface area contributed by atoms with Crippen molar-refractivity contribution in [3.05, 3.63) is 89.1 Å². The van der Waals surface area contributed by atoms with Gasteiger partial charge in [0.05, 0.1) is 0 Å². The number of nitrogens with zero attached hydrogens (tertiary/aromatic N) is 3. The van der Waals surface area contributed by atoms with Crippen LogP contribution >= 0.6 is 11.6 Å². The fraction of sp³-hybridized carbons (Fsp3) is 0.355. The Hall–Kier alpha value is -3.04. The molecule has 0 radical (unpaired) electrons. The highest BCUT2D eigenvalue weighted by Crippen LogP contribution is 2.35. The molecule has 1 aliphatic rings. The maximum absolute atomic E-state index is 12.7. The number of nitrogens with two attached hydrogens (primary N) is 1. The number of hydrogen-bond acceptors (Lipinski definition) is 4. The molecule has 40 heavy (non-hydrogen) atoms. The Kier molecular flexibility index (Phi) is 9.00. The van der Waals surface area contributed by atoms with E-state index in [0.717, 1.165) is 85.7 Å². The van der Waals surface area contributed by atoms with Gasteiger partial charge in [-0.3, -0.25) is 4.90 Å². The lowest BCUT2D eigenvalue weighted by atomic mass is 10.00. The number of hydrogen-bond donors (Lipinski definition) is 1. The first-order valence-electron chi connectivity index (χ1n) is 13.7. The van der Waals surface area contributed by atoms with Gasteiger partial charge in [-0.25, -0.2) is 0 Å². The van der Waals surface area contributed by atoms with Crippen LogP contribution in [0.3, 0.4) is 0 Å². The number of benzene rings is 3. The average molecular weight is 571 g/mol. The van der Waals surface area contributed by atoms with Crippen molar-refractivity contribution in [1.82, 2.24) is 14.4 Å². The van der Waals surface area contributed by atoms with Crippen molar-refractivity contribution in [3.63, 3.8) is 0 Å². The summed E-state index contributed by atoms with van der Waals surface area (Å²) in [5, 5.41) is 1.95. The Bertz CT molecular complexity index is 1410. The summed E-state index contributed by atoms with van der Waals surface area (Å²) in [7, 11) is 0. The van der Waals surface area contributed by atoms with Gasteiger partial charge in [0.1, 0.15) is 5.75 Å². The van der Waals surface area contributed by atoms with E-state index in [0.29, 0.717) is 6.54 Å². The van der Waals surface area contributed by atoms with Crippen molar-refractivity contribution in [2.75, 3.05) is 39.3 Å². The van der Waals surface area contributed by atoms with E-state index < -0.39 is 6.36 Å². The first-order chi connectivity index (χ1) is 19.3. The molecular weight excluding hydrogens is 537 g/mol. The van der Waals surface area contributed by atoms with Crippen LogP contribution in [-0.2, 0) is 19.5 Å². The molecule has 0 bridgehead atoms. The number of aromatic nitrogens is 1. The van der Waals surface area contributed by atoms with Crippen molar-refractivity contribution in [2.24, 2.45) is 5.73 Å². The summed E-state index contributed by atoms with van der Waals surface area (Å²) in [5.41, 5.74) is 11.1. The number of piperazine rings is 1. The number of aryl methyl sites for hydroxylation is 1. The van der Waals surface area contributed by atoms with Crippen molar-refractivity contribution in [2.45, 2.75) is 32.3 Å². The molecule has 1 saturated heterocycles. The van der Waals surface area contributed by atoms with Gasteiger partial charge in [0.2, 0.25) is 0 Å². The maximum atomic E-state index is 12.7. The van der Waals surface area contributed by atoms with Gasteiger partial charge in [0, 0.05) is 73.5 Å². The van der Waals surface area contributed by atoms with Crippen LogP contribution in [0.2, 0.25) is 5.02 Å². The van der Waals surface area contributed by atoms with Crippen LogP contribution in [-0.4, -0.2) is 60.0 Å². The summed E-state index contributed by atoms with van der Waals surface area (Å²) in [6.07, 6.45) is -0.852. The number of ether oxygens (including phenoxy) is 1. The highest BCUT2D eigenvalue weighted by atomic mass is 35.5. The van der Waals surface area contributed by atoms with E-state index >= 15 is 0 Å². The second-order valence-electron chi connectivity index (χ2n) is 10.2. The molecule has 3 aromatic carbocycles. The number of alkyl halides is 3. The number of halogens is 4. The Morgan fingerprint density at radius 2 is 1.52 bits per heavy atom. The van der Waals surface area contributed by atoms with Gasteiger partial charge in [-0.15, -0.1) is 13.2 Å². The molecule has 4 aromatic rings. The molecule has 0 spiro atoms. The second kappa shape index (κ2) is 12.6. The SMILES string of the molecule is NCCCn1cc(-c2ccc(OC(F)(F)F)cc2)c2c(CN3CCN(CCc4ccccc4Cl)CC3)cccc21. The van der Waals surface area contributed by atoms with Crippen LogP contribution in [0.25, 0.3) is 22.0 Å². The topological polar surface area (TPSA) is 46.7 Å². The smallest absolute Gasteiger partial charge is 0.406 e. The lowest BCUT2D eigenvalue weighted by molar-refractivity contribution is -0.274. The van der Waals surface area contributed by atoms with E-state index in [1.54, 1.807) is 12.1 Å². The minimum Gasteiger partial charge on any atom is -0.406 e. The highest BCUT2D eigenvalue weighted by Gasteiger charge is 2.31. The van der Waals surface area contributed by atoms with E-state index in [2.05, 4.69) is 49.6 Å². The van der Waals surface area contributed by atoms with Crippen LogP contribution in [0.15, 0.2) is 72.9 Å². The monoisotopic (exact) mass is 570 g/mol. The first-order valence-corrected chi connectivity index (χ1v) is 14.0. The molecule has 5 nitrogen and oxygen atoms in total. The van der Waals surface area contributed by atoms with E-state index in [9.17, 15) is 13.2 Å². The molecule has 0 atom stereocenters. The predicted octanol–water partition coefficient (Wildman–Crippen LogP) is 6.57. The van der Waals surface area contributed by atoms with E-state index in [4.69, 9.17) is 17.3 Å². The average Bonchev–Trinajstić information content (AvgIpc) is 3.31. The summed E-state index contributed by atoms with van der Waals surface area (Å²) in [5.74, 6) is -0.226. The van der Waals surface area contributed by atoms with Crippen molar-refractivity contribution >= 4 is 22.5 Å². The van der Waals surface area contributed by atoms with Gasteiger partial charge in [-0.05, 0) is 60.3 Å². The van der Waals surface area contributed by atoms with Crippen LogP contribution in [0.5, 0.6) is 5.75 Å². The zero-order chi connectivity index (χ0) is 28.1. The predicted molar refractivity (Wildman–Crippen MR) is 155 cm³/mol. The Labute approximate surface area is 237 Å². The third kappa shape index (κ3) is 6.99. The van der Waals surface area contributed by atoms with E-state index in [1.807, 2.05) is 18.2 Å². The largest absolute Gasteiger partial charge is 0.573 e. The summed E-state index contributed by atoms with van der Waals surface area (Å²) in [4.78, 5) is 4.96. The highest BCUT2D eigenvalue weighted by molar-refractivity contribution is 6.31. The first kappa shape index (κ1) is 28.5. The zero-order valence-corrected chi connectivity index (χ0v) is 23.1. The number of fused-ring (bicyclic) bond motifs is 1. The van der Waals surface area contributed by atoms with Crippen LogP contribution < -0.4 is 10.5 Å². The van der Waals surface area contributed by atoms with Crippen molar-refractivity contribution in [1.29, 1.82) is 0 Å². The molecule has 0 unspecified atom stereocenters. The summed E-state index contributed by atoms with van der Waals surface area (Å²) < 4.78 is 44.3. The second-order valence-corrected chi connectivity index (χ2v) is 10.6. The van der Waals surface area contributed by atoms with Crippen LogP contribution in [0.1, 0.15) is 17.5 Å². The van der Waals surface area contributed by atoms with Gasteiger partial charge < -0.3 is 19.9 Å². The maximum Gasteiger partial charge on any atom is 0.573 e. The fourth-order valence-corrected chi connectivity index (χ4v) is 5.68. The summed E-state index contributed by atoms with van der Waals surface area (Å²) in [6.45, 7) is 7.05. The lowest BCUT2D eigenvalue weighted by Gasteiger charge is -2.35. The third-order valence-corrected chi connectivity index (χ3v) is 7.88. The fourth-order valence-electron chi connectivity index (χ4n) is 5.45. The summed E-state index contributed by atoms with van der Waals surface area (Å²) in [6, 6.07) is 20.5. The third-order valence-electron chi connectivity index (χ3n) is 7.51. The standard InChI is InChI=1S/C31H34ClF3N4O/c32-28-7-2-1-5-24(28)13-16-37-17-19-38(20-18-37)21-25-6-3-8-29-30(25)27(22-39(29)15-4-14-36)23-9-11-26(12-10-23)40-31(33,34)35/h1-3,5-12,22H,4,13-21,36H2. The van der Waals surface area contributed by atoms with Gasteiger partial charge in [-0.2, -0.15) is 0 Å². The normalized spacial score (nSPS) is 15.1. The van der Waals surface area contributed by atoms with Gasteiger partial charge in [-0.1, -0.05) is 54.1 Å². The Morgan fingerprint density at radius 1 is 0.825 bits per heavy atom. The molecule has 2 N–H and O–H groups in total. The minimum atomic E-state index is -4.72. The van der Waals surface area contributed by atoms with Gasteiger partial charge >= 0.3 is 6.36 Å². The van der Waals surface area contributed by atoms with Crippen LogP contribution in [0.4, 0.5) is 13.2 Å². The molecule has 0 saturated carbocycles. The number of rotatable bonds is 10. The molecule has 1 aromatic heterocycles. The van der Waals surface area contributed by atoms with Crippen molar-refractivity contribution < 1.29 is 17.9 Å². The molecule has 212 valence electrons. The minimum absolute atomic E-state index is 0.226. The van der Waals surface area contributed by atoms with E-state index in [1.165, 1.54) is 23.3 Å². The lowest BCUT2D eigenvalue weighted by Crippen LogP contribution is -2.46. The van der Waals surface area contributed by atoms with Crippen LogP contribution in [0, 0.1) is 0 Å². The van der Waals surface area contributed by atoms with Gasteiger partial charge in [0.25, 0.3) is 0 Å². The Morgan fingerprint density at radius 3 is 2.23 bits per heavy atom. The molecule has 0 aliphatic carbocycles. The molecule has 1 aliphatic heterocycles. The molecule has 1 fully saturated rings. The molecule has 9 heteroatoms. The quantitative estimate of drug-likeness (QED) is 0.234.